The van der Waals surface area contributed by atoms with Gasteiger partial charge in [-0.2, -0.15) is 4.37 Å². The molecular weight excluding hydrogens is 182 g/mol. The van der Waals surface area contributed by atoms with E-state index in [1.54, 1.807) is 6.33 Å². The van der Waals surface area contributed by atoms with Crippen molar-refractivity contribution in [3.8, 4) is 0 Å². The zero-order valence-electron chi connectivity index (χ0n) is 7.86. The molecule has 0 radical (unpaired) electrons. The Hall–Kier alpha value is -0.640. The Morgan fingerprint density at radius 3 is 3.08 bits per heavy atom. The summed E-state index contributed by atoms with van der Waals surface area (Å²) in [6, 6.07) is 0.598. The van der Waals surface area contributed by atoms with E-state index < -0.39 is 0 Å². The Bertz CT molecular complexity index is 243. The number of hydrogen-bond donors (Lipinski definition) is 1. The zero-order chi connectivity index (χ0) is 9.10. The number of aromatic nitrogens is 2. The summed E-state index contributed by atoms with van der Waals surface area (Å²) in [5, 5.41) is 4.39. The van der Waals surface area contributed by atoms with Crippen molar-refractivity contribution in [2.45, 2.75) is 38.6 Å². The van der Waals surface area contributed by atoms with Gasteiger partial charge >= 0.3 is 0 Å². The highest BCUT2D eigenvalue weighted by Gasteiger charge is 2.24. The lowest BCUT2D eigenvalue weighted by atomic mass is 10.1. The lowest BCUT2D eigenvalue weighted by molar-refractivity contribution is 0.586. The summed E-state index contributed by atoms with van der Waals surface area (Å²) in [5.74, 6) is 0.977. The fourth-order valence-electron chi connectivity index (χ4n) is 1.49. The molecule has 1 aromatic heterocycles. The third-order valence-electron chi connectivity index (χ3n) is 2.50. The first-order valence-corrected chi connectivity index (χ1v) is 5.69. The van der Waals surface area contributed by atoms with Gasteiger partial charge in [-0.25, -0.2) is 4.98 Å². The van der Waals surface area contributed by atoms with E-state index in [-0.39, 0.29) is 0 Å². The Kier molecular flexibility index (Phi) is 2.78. The third-order valence-corrected chi connectivity index (χ3v) is 3.09. The summed E-state index contributed by atoms with van der Waals surface area (Å²) in [6.07, 6.45) is 6.94. The van der Waals surface area contributed by atoms with Crippen molar-refractivity contribution in [3.63, 3.8) is 0 Å². The molecule has 0 aromatic carbocycles. The molecule has 13 heavy (non-hydrogen) atoms. The molecule has 1 fully saturated rings. The smallest absolute Gasteiger partial charge is 0.202 e. The molecule has 0 amide bonds. The number of rotatable bonds is 5. The summed E-state index contributed by atoms with van der Waals surface area (Å²) < 4.78 is 3.97. The molecule has 1 N–H and O–H groups in total. The Balaban J connectivity index is 1.82. The first-order chi connectivity index (χ1) is 6.38. The Morgan fingerprint density at radius 1 is 1.69 bits per heavy atom. The molecule has 72 valence electrons. The molecule has 4 heteroatoms. The van der Waals surface area contributed by atoms with E-state index in [1.807, 2.05) is 0 Å². The van der Waals surface area contributed by atoms with Crippen molar-refractivity contribution in [1.29, 1.82) is 0 Å². The molecule has 1 saturated carbocycles. The third kappa shape index (κ3) is 2.66. The Labute approximate surface area is 82.8 Å². The molecule has 0 bridgehead atoms. The van der Waals surface area contributed by atoms with Gasteiger partial charge in [0.15, 0.2) is 0 Å². The van der Waals surface area contributed by atoms with Crippen molar-refractivity contribution in [1.82, 2.24) is 9.36 Å². The molecule has 0 spiro atoms. The van der Waals surface area contributed by atoms with Crippen LogP contribution < -0.4 is 5.32 Å². The molecule has 1 aliphatic carbocycles. The highest BCUT2D eigenvalue weighted by atomic mass is 32.1. The van der Waals surface area contributed by atoms with Gasteiger partial charge < -0.3 is 5.32 Å². The molecular formula is C9H15N3S. The van der Waals surface area contributed by atoms with Gasteiger partial charge in [0.25, 0.3) is 0 Å². The van der Waals surface area contributed by atoms with Crippen molar-refractivity contribution in [3.05, 3.63) is 6.33 Å². The molecule has 1 aromatic rings. The maximum absolute atomic E-state index is 4.13. The minimum absolute atomic E-state index is 0.598. The van der Waals surface area contributed by atoms with Crippen molar-refractivity contribution < 1.29 is 0 Å². The summed E-state index contributed by atoms with van der Waals surface area (Å²) in [4.78, 5) is 4.13. The second-order valence-corrected chi connectivity index (χ2v) is 4.46. The highest BCUT2D eigenvalue weighted by Crippen LogP contribution is 2.34. The van der Waals surface area contributed by atoms with E-state index in [1.165, 1.54) is 37.2 Å². The largest absolute Gasteiger partial charge is 0.358 e. The first-order valence-electron chi connectivity index (χ1n) is 4.91. The SMILES string of the molecule is CCC(CC1CC1)Nc1ncns1. The highest BCUT2D eigenvalue weighted by molar-refractivity contribution is 7.09. The van der Waals surface area contributed by atoms with E-state index in [2.05, 4.69) is 21.6 Å². The van der Waals surface area contributed by atoms with E-state index in [0.29, 0.717) is 6.04 Å². The molecule has 1 unspecified atom stereocenters. The number of anilines is 1. The first kappa shape index (κ1) is 8.94. The van der Waals surface area contributed by atoms with Crippen LogP contribution in [0.25, 0.3) is 0 Å². The lowest BCUT2D eigenvalue weighted by Gasteiger charge is -2.14. The second-order valence-electron chi connectivity index (χ2n) is 3.68. The summed E-state index contributed by atoms with van der Waals surface area (Å²) in [7, 11) is 0. The fourth-order valence-corrected chi connectivity index (χ4v) is 2.00. The average Bonchev–Trinajstić information content (AvgIpc) is 2.80. The van der Waals surface area contributed by atoms with Gasteiger partial charge in [-0.15, -0.1) is 0 Å². The minimum atomic E-state index is 0.598. The van der Waals surface area contributed by atoms with Crippen LogP contribution in [0, 0.1) is 5.92 Å². The van der Waals surface area contributed by atoms with Crippen LogP contribution in [0.3, 0.4) is 0 Å². The molecule has 1 heterocycles. The topological polar surface area (TPSA) is 37.8 Å². The van der Waals surface area contributed by atoms with E-state index in [0.717, 1.165) is 11.0 Å². The predicted molar refractivity (Wildman–Crippen MR) is 55.0 cm³/mol. The molecule has 3 nitrogen and oxygen atoms in total. The quantitative estimate of drug-likeness (QED) is 0.788. The standard InChI is InChI=1S/C9H15N3S/c1-2-8(5-7-3-4-7)12-9-10-6-11-13-9/h6-8H,2-5H2,1H3,(H,10,11,12). The minimum Gasteiger partial charge on any atom is -0.358 e. The van der Waals surface area contributed by atoms with Crippen LogP contribution >= 0.6 is 11.5 Å². The van der Waals surface area contributed by atoms with Gasteiger partial charge in [0, 0.05) is 17.6 Å². The number of hydrogen-bond acceptors (Lipinski definition) is 4. The molecule has 0 saturated heterocycles. The van der Waals surface area contributed by atoms with E-state index in [4.69, 9.17) is 0 Å². The van der Waals surface area contributed by atoms with Crippen LogP contribution in [-0.4, -0.2) is 15.4 Å². The van der Waals surface area contributed by atoms with Crippen LogP contribution in [0.4, 0.5) is 5.13 Å². The van der Waals surface area contributed by atoms with Crippen molar-refractivity contribution in [2.24, 2.45) is 5.92 Å². The van der Waals surface area contributed by atoms with Gasteiger partial charge in [-0.3, -0.25) is 0 Å². The van der Waals surface area contributed by atoms with Gasteiger partial charge in [0.05, 0.1) is 0 Å². The molecule has 0 aliphatic heterocycles. The lowest BCUT2D eigenvalue weighted by Crippen LogP contribution is -2.18. The molecule has 1 atom stereocenters. The Morgan fingerprint density at radius 2 is 2.54 bits per heavy atom. The van der Waals surface area contributed by atoms with E-state index in [9.17, 15) is 0 Å². The monoisotopic (exact) mass is 197 g/mol. The molecule has 1 aliphatic rings. The van der Waals surface area contributed by atoms with E-state index >= 15 is 0 Å². The number of nitrogens with one attached hydrogen (secondary N) is 1. The summed E-state index contributed by atoms with van der Waals surface area (Å²) in [5.41, 5.74) is 0. The van der Waals surface area contributed by atoms with Gasteiger partial charge in [-0.1, -0.05) is 19.8 Å². The van der Waals surface area contributed by atoms with Crippen molar-refractivity contribution in [2.75, 3.05) is 5.32 Å². The maximum Gasteiger partial charge on any atom is 0.202 e. The average molecular weight is 197 g/mol. The fraction of sp³-hybridized carbons (Fsp3) is 0.778. The van der Waals surface area contributed by atoms with Gasteiger partial charge in [0.2, 0.25) is 5.13 Å². The maximum atomic E-state index is 4.13. The van der Waals surface area contributed by atoms with Crippen molar-refractivity contribution >= 4 is 16.7 Å². The van der Waals surface area contributed by atoms with Crippen LogP contribution in [0.2, 0.25) is 0 Å². The summed E-state index contributed by atoms with van der Waals surface area (Å²) in [6.45, 7) is 2.22. The van der Waals surface area contributed by atoms with Gasteiger partial charge in [-0.05, 0) is 18.8 Å². The van der Waals surface area contributed by atoms with Gasteiger partial charge in [0.1, 0.15) is 6.33 Å². The van der Waals surface area contributed by atoms with Crippen LogP contribution in [0.5, 0.6) is 0 Å². The normalized spacial score (nSPS) is 18.5. The summed E-state index contributed by atoms with van der Waals surface area (Å²) >= 11 is 1.44. The van der Waals surface area contributed by atoms with Crippen LogP contribution in [0.15, 0.2) is 6.33 Å². The molecule has 2 rings (SSSR count). The zero-order valence-corrected chi connectivity index (χ0v) is 8.68. The van der Waals surface area contributed by atoms with Crippen LogP contribution in [-0.2, 0) is 0 Å². The van der Waals surface area contributed by atoms with Crippen LogP contribution in [0.1, 0.15) is 32.6 Å². The second kappa shape index (κ2) is 4.05. The number of nitrogens with zero attached hydrogens (tertiary/aromatic N) is 2. The predicted octanol–water partition coefficient (Wildman–Crippen LogP) is 2.53.